The molecule has 2 aromatic rings. The molecule has 0 saturated heterocycles. The number of benzene rings is 1. The number of aromatic nitrogens is 1. The Bertz CT molecular complexity index is 605. The summed E-state index contributed by atoms with van der Waals surface area (Å²) in [5.74, 6) is 0.472. The Kier molecular flexibility index (Phi) is 5.58. The Hall–Kier alpha value is -0.710. The van der Waals surface area contributed by atoms with E-state index in [0.29, 0.717) is 12.0 Å². The number of thiazole rings is 1. The molecule has 1 N–H and O–H groups in total. The molecular weight excluding hydrogens is 344 g/mol. The quantitative estimate of drug-likeness (QED) is 0.763. The second-order valence-electron chi connectivity index (χ2n) is 6.03. The van der Waals surface area contributed by atoms with E-state index in [-0.39, 0.29) is 6.04 Å². The number of hydrogen-bond donors (Lipinski definition) is 1. The van der Waals surface area contributed by atoms with E-state index in [1.54, 1.807) is 11.3 Å². The minimum Gasteiger partial charge on any atom is -0.302 e. The van der Waals surface area contributed by atoms with Gasteiger partial charge in [-0.3, -0.25) is 0 Å². The van der Waals surface area contributed by atoms with Gasteiger partial charge in [-0.15, -0.1) is 11.3 Å². The van der Waals surface area contributed by atoms with E-state index in [2.05, 4.69) is 79.4 Å². The first-order chi connectivity index (χ1) is 9.88. The summed E-state index contributed by atoms with van der Waals surface area (Å²) >= 11 is 5.38. The first-order valence-corrected chi connectivity index (χ1v) is 9.03. The van der Waals surface area contributed by atoms with Crippen molar-refractivity contribution in [2.45, 2.75) is 52.6 Å². The van der Waals surface area contributed by atoms with Gasteiger partial charge in [0.15, 0.2) is 0 Å². The van der Waals surface area contributed by atoms with Crippen LogP contribution in [-0.2, 0) is 0 Å². The molecule has 0 spiro atoms. The second-order valence-corrected chi connectivity index (χ2v) is 7.77. The Morgan fingerprint density at radius 3 is 2.43 bits per heavy atom. The van der Waals surface area contributed by atoms with Crippen molar-refractivity contribution in [1.29, 1.82) is 0 Å². The summed E-state index contributed by atoms with van der Waals surface area (Å²) in [4.78, 5) is 4.83. The van der Waals surface area contributed by atoms with E-state index in [0.717, 1.165) is 9.48 Å². The van der Waals surface area contributed by atoms with Gasteiger partial charge < -0.3 is 5.32 Å². The molecular formula is C17H23BrN2S. The van der Waals surface area contributed by atoms with Crippen molar-refractivity contribution in [3.05, 3.63) is 49.9 Å². The molecule has 4 heteroatoms. The van der Waals surface area contributed by atoms with Gasteiger partial charge in [0.05, 0.1) is 11.7 Å². The first-order valence-electron chi connectivity index (χ1n) is 7.36. The second kappa shape index (κ2) is 7.03. The van der Waals surface area contributed by atoms with Crippen LogP contribution in [-0.4, -0.2) is 11.0 Å². The van der Waals surface area contributed by atoms with Gasteiger partial charge in [0, 0.05) is 15.9 Å². The van der Waals surface area contributed by atoms with Crippen molar-refractivity contribution in [2.75, 3.05) is 0 Å². The number of halogens is 1. The van der Waals surface area contributed by atoms with Gasteiger partial charge in [0.2, 0.25) is 0 Å². The van der Waals surface area contributed by atoms with E-state index in [1.165, 1.54) is 16.8 Å². The predicted molar refractivity (Wildman–Crippen MR) is 95.2 cm³/mol. The van der Waals surface area contributed by atoms with Crippen molar-refractivity contribution < 1.29 is 0 Å². The van der Waals surface area contributed by atoms with Crippen molar-refractivity contribution in [3.8, 4) is 0 Å². The fraction of sp³-hybridized carbons (Fsp3) is 0.471. The summed E-state index contributed by atoms with van der Waals surface area (Å²) in [7, 11) is 0. The summed E-state index contributed by atoms with van der Waals surface area (Å²) in [6.45, 7) is 10.8. The van der Waals surface area contributed by atoms with Gasteiger partial charge in [-0.2, -0.15) is 0 Å². The summed E-state index contributed by atoms with van der Waals surface area (Å²) in [5, 5.41) is 6.96. The number of hydrogen-bond acceptors (Lipinski definition) is 3. The Labute approximate surface area is 140 Å². The van der Waals surface area contributed by atoms with Crippen LogP contribution in [0.25, 0.3) is 0 Å². The average molecular weight is 367 g/mol. The first kappa shape index (κ1) is 16.7. The molecule has 1 unspecified atom stereocenters. The highest BCUT2D eigenvalue weighted by Crippen LogP contribution is 2.30. The van der Waals surface area contributed by atoms with Crippen LogP contribution in [0.3, 0.4) is 0 Å². The lowest BCUT2D eigenvalue weighted by Gasteiger charge is -2.20. The molecule has 0 fully saturated rings. The standard InChI is InChI=1S/C17H23BrN2S/c1-10(2)15-9-21-17(20-15)16(19-11(3)4)13-7-6-12(5)14(18)8-13/h6-11,16,19H,1-5H3. The maximum absolute atomic E-state index is 4.83. The Balaban J connectivity index is 2.39. The lowest BCUT2D eigenvalue weighted by molar-refractivity contribution is 0.525. The van der Waals surface area contributed by atoms with Gasteiger partial charge in [-0.1, -0.05) is 41.9 Å². The Morgan fingerprint density at radius 2 is 1.90 bits per heavy atom. The molecule has 0 radical (unpaired) electrons. The highest BCUT2D eigenvalue weighted by Gasteiger charge is 2.20. The third kappa shape index (κ3) is 4.15. The molecule has 114 valence electrons. The molecule has 1 aromatic heterocycles. The number of nitrogens with zero attached hydrogens (tertiary/aromatic N) is 1. The van der Waals surface area contributed by atoms with Crippen molar-refractivity contribution >= 4 is 27.3 Å². The zero-order chi connectivity index (χ0) is 15.6. The summed E-state index contributed by atoms with van der Waals surface area (Å²) < 4.78 is 1.15. The highest BCUT2D eigenvalue weighted by atomic mass is 79.9. The topological polar surface area (TPSA) is 24.9 Å². The third-order valence-electron chi connectivity index (χ3n) is 3.41. The summed E-state index contributed by atoms with van der Waals surface area (Å²) in [6, 6.07) is 7.11. The maximum Gasteiger partial charge on any atom is 0.114 e. The minimum absolute atomic E-state index is 0.152. The molecule has 21 heavy (non-hydrogen) atoms. The van der Waals surface area contributed by atoms with Crippen LogP contribution in [0.5, 0.6) is 0 Å². The van der Waals surface area contributed by atoms with Crippen LogP contribution in [0.15, 0.2) is 28.1 Å². The van der Waals surface area contributed by atoms with Crippen LogP contribution in [0, 0.1) is 6.92 Å². The third-order valence-corrected chi connectivity index (χ3v) is 5.19. The van der Waals surface area contributed by atoms with Crippen molar-refractivity contribution in [1.82, 2.24) is 10.3 Å². The van der Waals surface area contributed by atoms with Gasteiger partial charge in [-0.05, 0) is 43.9 Å². The monoisotopic (exact) mass is 366 g/mol. The normalized spacial score (nSPS) is 13.1. The number of rotatable bonds is 5. The van der Waals surface area contributed by atoms with Gasteiger partial charge in [0.1, 0.15) is 5.01 Å². The van der Waals surface area contributed by atoms with Crippen LogP contribution < -0.4 is 5.32 Å². The smallest absolute Gasteiger partial charge is 0.114 e. The van der Waals surface area contributed by atoms with Crippen LogP contribution in [0.2, 0.25) is 0 Å². The lowest BCUT2D eigenvalue weighted by atomic mass is 10.0. The van der Waals surface area contributed by atoms with Crippen LogP contribution >= 0.6 is 27.3 Å². The summed E-state index contributed by atoms with van der Waals surface area (Å²) in [5.41, 5.74) is 3.69. The molecule has 0 aliphatic carbocycles. The molecule has 0 aliphatic heterocycles. The zero-order valence-electron chi connectivity index (χ0n) is 13.3. The van der Waals surface area contributed by atoms with E-state index in [9.17, 15) is 0 Å². The van der Waals surface area contributed by atoms with Crippen molar-refractivity contribution in [2.24, 2.45) is 0 Å². The van der Waals surface area contributed by atoms with E-state index in [4.69, 9.17) is 4.98 Å². The molecule has 2 nitrogen and oxygen atoms in total. The minimum atomic E-state index is 0.152. The SMILES string of the molecule is Cc1ccc(C(NC(C)C)c2nc(C(C)C)cs2)cc1Br. The molecule has 0 amide bonds. The fourth-order valence-electron chi connectivity index (χ4n) is 2.13. The number of nitrogens with one attached hydrogen (secondary N) is 1. The zero-order valence-corrected chi connectivity index (χ0v) is 15.7. The molecule has 0 saturated carbocycles. The molecule has 0 bridgehead atoms. The summed E-state index contributed by atoms with van der Waals surface area (Å²) in [6.07, 6.45) is 0. The van der Waals surface area contributed by atoms with Gasteiger partial charge in [0.25, 0.3) is 0 Å². The molecule has 1 aromatic carbocycles. The fourth-order valence-corrected chi connectivity index (χ4v) is 3.59. The van der Waals surface area contributed by atoms with Gasteiger partial charge in [-0.25, -0.2) is 4.98 Å². The molecule has 1 atom stereocenters. The maximum atomic E-state index is 4.83. The van der Waals surface area contributed by atoms with Crippen LogP contribution in [0.4, 0.5) is 0 Å². The molecule has 2 rings (SSSR count). The van der Waals surface area contributed by atoms with E-state index in [1.807, 2.05) is 0 Å². The van der Waals surface area contributed by atoms with E-state index < -0.39 is 0 Å². The average Bonchev–Trinajstić information content (AvgIpc) is 2.89. The van der Waals surface area contributed by atoms with Gasteiger partial charge >= 0.3 is 0 Å². The van der Waals surface area contributed by atoms with Crippen molar-refractivity contribution in [3.63, 3.8) is 0 Å². The number of aryl methyl sites for hydroxylation is 1. The molecule has 0 aliphatic rings. The van der Waals surface area contributed by atoms with E-state index >= 15 is 0 Å². The molecule has 1 heterocycles. The van der Waals surface area contributed by atoms with Crippen LogP contribution in [0.1, 0.15) is 61.5 Å². The Morgan fingerprint density at radius 1 is 1.19 bits per heavy atom. The predicted octanol–water partition coefficient (Wildman–Crippen LogP) is 5.42. The largest absolute Gasteiger partial charge is 0.302 e. The highest BCUT2D eigenvalue weighted by molar-refractivity contribution is 9.10. The lowest BCUT2D eigenvalue weighted by Crippen LogP contribution is -2.29.